The van der Waals surface area contributed by atoms with Crippen LogP contribution < -0.4 is 20.7 Å². The van der Waals surface area contributed by atoms with Gasteiger partial charge in [0.15, 0.2) is 0 Å². The average molecular weight is 511 g/mol. The highest BCUT2D eigenvalue weighted by molar-refractivity contribution is 7.89. The number of nitrogens with zero attached hydrogens (tertiary/aromatic N) is 2. The minimum atomic E-state index is -3.68. The van der Waals surface area contributed by atoms with E-state index in [2.05, 4.69) is 25.7 Å². The van der Waals surface area contributed by atoms with Gasteiger partial charge in [-0.1, -0.05) is 17.7 Å². The molecule has 1 aliphatic rings. The minimum absolute atomic E-state index is 0.0228. The summed E-state index contributed by atoms with van der Waals surface area (Å²) in [6.07, 6.45) is 6.02. The van der Waals surface area contributed by atoms with Crippen LogP contribution in [0.4, 0.5) is 0 Å². The molecule has 0 radical (unpaired) electrons. The number of benzene rings is 1. The van der Waals surface area contributed by atoms with Crippen LogP contribution in [0.2, 0.25) is 0 Å². The summed E-state index contributed by atoms with van der Waals surface area (Å²) in [5, 5.41) is 8.90. The molecule has 36 heavy (non-hydrogen) atoms. The van der Waals surface area contributed by atoms with Crippen molar-refractivity contribution in [3.8, 4) is 5.82 Å². The van der Waals surface area contributed by atoms with Gasteiger partial charge < -0.3 is 20.5 Å². The molecule has 0 unspecified atom stereocenters. The predicted octanol–water partition coefficient (Wildman–Crippen LogP) is 1.13. The second-order valence-corrected chi connectivity index (χ2v) is 10.5. The fourth-order valence-electron chi connectivity index (χ4n) is 4.04. The molecule has 3 aromatic rings. The average Bonchev–Trinajstić information content (AvgIpc) is 3.42. The Kier molecular flexibility index (Phi) is 7.82. The fraction of sp³-hybridized carbons (Fsp3) is 0.320. The lowest BCUT2D eigenvalue weighted by Gasteiger charge is -2.37. The maximum absolute atomic E-state index is 13.2. The van der Waals surface area contributed by atoms with Crippen molar-refractivity contribution in [2.75, 3.05) is 26.2 Å². The van der Waals surface area contributed by atoms with E-state index in [-0.39, 0.29) is 23.9 Å². The van der Waals surface area contributed by atoms with Crippen LogP contribution in [0.1, 0.15) is 28.8 Å². The summed E-state index contributed by atoms with van der Waals surface area (Å²) in [5.74, 6) is -0.0542. The number of hydrogen-bond donors (Lipinski definition) is 4. The molecule has 3 heterocycles. The van der Waals surface area contributed by atoms with E-state index in [9.17, 15) is 18.0 Å². The molecular weight excluding hydrogens is 480 g/mol. The second-order valence-electron chi connectivity index (χ2n) is 8.75. The monoisotopic (exact) mass is 510 g/mol. The van der Waals surface area contributed by atoms with Gasteiger partial charge in [0.1, 0.15) is 11.4 Å². The van der Waals surface area contributed by atoms with Gasteiger partial charge in [-0.3, -0.25) is 9.59 Å². The molecule has 4 rings (SSSR count). The molecule has 0 bridgehead atoms. The summed E-state index contributed by atoms with van der Waals surface area (Å²) in [6.45, 7) is 3.12. The van der Waals surface area contributed by atoms with Gasteiger partial charge in [-0.25, -0.2) is 18.1 Å². The third-order valence-electron chi connectivity index (χ3n) is 6.16. The highest BCUT2D eigenvalue weighted by atomic mass is 32.2. The maximum Gasteiger partial charge on any atom is 0.253 e. The first-order valence-electron chi connectivity index (χ1n) is 11.8. The van der Waals surface area contributed by atoms with Crippen molar-refractivity contribution in [2.45, 2.75) is 30.2 Å². The van der Waals surface area contributed by atoms with Gasteiger partial charge in [-0.15, -0.1) is 0 Å². The quantitative estimate of drug-likeness (QED) is 0.319. The molecule has 4 N–H and O–H groups in total. The van der Waals surface area contributed by atoms with E-state index < -0.39 is 21.5 Å². The fourth-order valence-corrected chi connectivity index (χ4v) is 5.08. The molecular formula is C25H30N6O4S. The van der Waals surface area contributed by atoms with E-state index in [1.807, 2.05) is 36.0 Å². The Morgan fingerprint density at radius 3 is 2.36 bits per heavy atom. The normalized spacial score (nSPS) is 15.2. The Morgan fingerprint density at radius 2 is 1.72 bits per heavy atom. The third-order valence-corrected chi connectivity index (χ3v) is 7.63. The van der Waals surface area contributed by atoms with Crippen molar-refractivity contribution in [3.05, 3.63) is 78.2 Å². The first kappa shape index (κ1) is 25.5. The molecule has 0 saturated carbocycles. The van der Waals surface area contributed by atoms with Crippen LogP contribution in [-0.4, -0.2) is 61.5 Å². The summed E-state index contributed by atoms with van der Waals surface area (Å²) in [5.41, 5.74) is 0.211. The first-order valence-corrected chi connectivity index (χ1v) is 13.2. The number of amides is 2. The number of nitrogens with one attached hydrogen (secondary N) is 4. The van der Waals surface area contributed by atoms with Crippen LogP contribution in [-0.2, 0) is 14.8 Å². The SMILES string of the molecule is Cc1ccc(S(=O)(=O)NCCNC(=O)C2(NC(=O)c3ccc(-n4cccc4)nc3)CCNCC2)cc1. The molecule has 2 amide bonds. The van der Waals surface area contributed by atoms with Crippen molar-refractivity contribution < 1.29 is 18.0 Å². The maximum atomic E-state index is 13.2. The summed E-state index contributed by atoms with van der Waals surface area (Å²) >= 11 is 0. The van der Waals surface area contributed by atoms with Crippen LogP contribution in [0.15, 0.2) is 72.0 Å². The van der Waals surface area contributed by atoms with Crippen molar-refractivity contribution >= 4 is 21.8 Å². The third kappa shape index (κ3) is 5.99. The zero-order valence-electron chi connectivity index (χ0n) is 20.0. The van der Waals surface area contributed by atoms with Crippen molar-refractivity contribution in [3.63, 3.8) is 0 Å². The van der Waals surface area contributed by atoms with Gasteiger partial charge in [-0.2, -0.15) is 0 Å². The first-order chi connectivity index (χ1) is 17.3. The molecule has 1 aromatic carbocycles. The zero-order chi connectivity index (χ0) is 25.6. The molecule has 1 aliphatic heterocycles. The molecule has 0 spiro atoms. The van der Waals surface area contributed by atoms with Gasteiger partial charge in [0, 0.05) is 31.7 Å². The smallest absolute Gasteiger partial charge is 0.253 e. The summed E-state index contributed by atoms with van der Waals surface area (Å²) < 4.78 is 29.2. The number of carbonyl (C=O) groups is 2. The van der Waals surface area contributed by atoms with E-state index in [1.54, 1.807) is 24.3 Å². The molecule has 190 valence electrons. The van der Waals surface area contributed by atoms with E-state index >= 15 is 0 Å². The van der Waals surface area contributed by atoms with Gasteiger partial charge in [0.2, 0.25) is 15.9 Å². The summed E-state index contributed by atoms with van der Waals surface area (Å²) in [6, 6.07) is 13.7. The topological polar surface area (TPSA) is 134 Å². The molecule has 0 atom stereocenters. The van der Waals surface area contributed by atoms with Crippen molar-refractivity contribution in [2.24, 2.45) is 0 Å². The summed E-state index contributed by atoms with van der Waals surface area (Å²) in [7, 11) is -3.68. The number of aromatic nitrogens is 2. The molecule has 2 aromatic heterocycles. The lowest BCUT2D eigenvalue weighted by Crippen LogP contribution is -2.63. The van der Waals surface area contributed by atoms with Crippen LogP contribution >= 0.6 is 0 Å². The van der Waals surface area contributed by atoms with Crippen LogP contribution in [0.25, 0.3) is 5.82 Å². The Hall–Kier alpha value is -3.54. The Labute approximate surface area is 210 Å². The molecule has 11 heteroatoms. The Morgan fingerprint density at radius 1 is 1.03 bits per heavy atom. The van der Waals surface area contributed by atoms with Gasteiger partial charge in [-0.05, 0) is 69.3 Å². The van der Waals surface area contributed by atoms with Gasteiger partial charge in [0.05, 0.1) is 10.5 Å². The number of hydrogen-bond acceptors (Lipinski definition) is 6. The summed E-state index contributed by atoms with van der Waals surface area (Å²) in [4.78, 5) is 30.7. The van der Waals surface area contributed by atoms with Gasteiger partial charge >= 0.3 is 0 Å². The van der Waals surface area contributed by atoms with Crippen LogP contribution in [0.3, 0.4) is 0 Å². The Bertz CT molecular complexity index is 1280. The molecule has 10 nitrogen and oxygen atoms in total. The highest BCUT2D eigenvalue weighted by Gasteiger charge is 2.41. The number of carbonyl (C=O) groups excluding carboxylic acids is 2. The molecule has 1 saturated heterocycles. The number of rotatable bonds is 9. The predicted molar refractivity (Wildman–Crippen MR) is 135 cm³/mol. The van der Waals surface area contributed by atoms with Crippen LogP contribution in [0.5, 0.6) is 0 Å². The van der Waals surface area contributed by atoms with Crippen molar-refractivity contribution in [1.82, 2.24) is 30.2 Å². The Balaban J connectivity index is 1.36. The standard InChI is InChI=1S/C25H30N6O4S/c1-19-4-7-21(8-5-19)36(34,35)29-15-14-27-24(33)25(10-12-26-13-11-25)30-23(32)20-6-9-22(28-18-20)31-16-2-3-17-31/h2-9,16-18,26,29H,10-15H2,1H3,(H,27,33)(H,30,32). The number of piperidine rings is 1. The van der Waals surface area contributed by atoms with Gasteiger partial charge in [0.25, 0.3) is 5.91 Å². The van der Waals surface area contributed by atoms with E-state index in [0.29, 0.717) is 37.3 Å². The highest BCUT2D eigenvalue weighted by Crippen LogP contribution is 2.20. The lowest BCUT2D eigenvalue weighted by molar-refractivity contribution is -0.128. The molecule has 1 fully saturated rings. The largest absolute Gasteiger partial charge is 0.353 e. The zero-order valence-corrected chi connectivity index (χ0v) is 20.8. The van der Waals surface area contributed by atoms with Crippen molar-refractivity contribution in [1.29, 1.82) is 0 Å². The number of pyridine rings is 1. The number of aryl methyl sites for hydroxylation is 1. The lowest BCUT2D eigenvalue weighted by atomic mass is 9.86. The number of sulfonamides is 1. The van der Waals surface area contributed by atoms with E-state index in [4.69, 9.17) is 0 Å². The van der Waals surface area contributed by atoms with Crippen LogP contribution in [0, 0.1) is 6.92 Å². The minimum Gasteiger partial charge on any atom is -0.353 e. The van der Waals surface area contributed by atoms with E-state index in [0.717, 1.165) is 5.56 Å². The molecule has 0 aliphatic carbocycles. The second kappa shape index (κ2) is 11.0. The van der Waals surface area contributed by atoms with E-state index in [1.165, 1.54) is 18.3 Å².